The maximum Gasteiger partial charge on any atom is 0.490 e. The number of nitrogens with zero attached hydrogens (tertiary/aromatic N) is 3. The molecule has 0 unspecified atom stereocenters. The molecule has 1 fully saturated rings. The first-order chi connectivity index (χ1) is 19.3. The van der Waals surface area contributed by atoms with Gasteiger partial charge in [-0.25, -0.2) is 4.79 Å². The molecule has 3 aromatic rings. The van der Waals surface area contributed by atoms with E-state index in [4.69, 9.17) is 19.4 Å². The van der Waals surface area contributed by atoms with Crippen molar-refractivity contribution in [1.82, 2.24) is 14.7 Å². The fourth-order valence-corrected chi connectivity index (χ4v) is 3.70. The van der Waals surface area contributed by atoms with Crippen molar-refractivity contribution in [2.24, 2.45) is 7.05 Å². The van der Waals surface area contributed by atoms with Gasteiger partial charge in [-0.15, -0.1) is 0 Å². The van der Waals surface area contributed by atoms with Crippen molar-refractivity contribution in [2.45, 2.75) is 12.4 Å². The number of alkyl halides is 6. The predicted molar refractivity (Wildman–Crippen MR) is 134 cm³/mol. The minimum absolute atomic E-state index is 0.126. The number of carbonyl (C=O) groups excluding carboxylic acids is 1. The highest BCUT2D eigenvalue weighted by Gasteiger charge is 2.38. The smallest absolute Gasteiger partial charge is 0.490 e. The molecule has 9 nitrogen and oxygen atoms in total. The van der Waals surface area contributed by atoms with Gasteiger partial charge in [-0.1, -0.05) is 0 Å². The number of nitrogens with one attached hydrogen (secondary N) is 1. The van der Waals surface area contributed by atoms with E-state index in [-0.39, 0.29) is 5.56 Å². The Bertz CT molecular complexity index is 1320. The first kappa shape index (κ1) is 31.4. The number of aliphatic carboxylic acids is 1. The summed E-state index contributed by atoms with van der Waals surface area (Å²) >= 11 is 0. The molecule has 41 heavy (non-hydrogen) atoms. The van der Waals surface area contributed by atoms with Gasteiger partial charge >= 0.3 is 18.3 Å². The summed E-state index contributed by atoms with van der Waals surface area (Å²) in [6.07, 6.45) is -7.87. The summed E-state index contributed by atoms with van der Waals surface area (Å²) in [4.78, 5) is 23.8. The first-order valence-electron chi connectivity index (χ1n) is 12.1. The molecule has 0 bridgehead atoms. The monoisotopic (exact) mass is 588 g/mol. The molecule has 4 rings (SSSR count). The fourth-order valence-electron chi connectivity index (χ4n) is 3.70. The van der Waals surface area contributed by atoms with Gasteiger partial charge < -0.3 is 19.9 Å². The van der Waals surface area contributed by atoms with Crippen LogP contribution in [0, 0.1) is 0 Å². The number of aryl methyl sites for hydroxylation is 1. The molecule has 1 amide bonds. The second-order valence-electron chi connectivity index (χ2n) is 8.69. The lowest BCUT2D eigenvalue weighted by Gasteiger charge is -2.26. The predicted octanol–water partition coefficient (Wildman–Crippen LogP) is 4.70. The van der Waals surface area contributed by atoms with E-state index in [0.717, 1.165) is 55.2 Å². The zero-order valence-electron chi connectivity index (χ0n) is 21.6. The zero-order valence-corrected chi connectivity index (χ0v) is 21.6. The summed E-state index contributed by atoms with van der Waals surface area (Å²) < 4.78 is 83.2. The lowest BCUT2D eigenvalue weighted by molar-refractivity contribution is -0.192. The number of carbonyl (C=O) groups is 2. The number of morpholine rings is 1. The van der Waals surface area contributed by atoms with Gasteiger partial charge in [-0.2, -0.15) is 31.4 Å². The number of hydrogen-bond donors (Lipinski definition) is 2. The number of ether oxygens (including phenoxy) is 2. The summed E-state index contributed by atoms with van der Waals surface area (Å²) in [6.45, 7) is 4.42. The molecule has 15 heteroatoms. The third kappa shape index (κ3) is 9.21. The number of aromatic nitrogens is 2. The Hall–Kier alpha value is -4.11. The Balaban J connectivity index is 0.000000587. The first-order valence-corrected chi connectivity index (χ1v) is 12.1. The number of rotatable bonds is 7. The Labute approximate surface area is 230 Å². The Kier molecular flexibility index (Phi) is 10.3. The maximum absolute atomic E-state index is 12.8. The highest BCUT2D eigenvalue weighted by Crippen LogP contribution is 2.33. The number of halogens is 6. The SMILES string of the molecule is Cn1nccc1-c1cc(NC(=O)c2ccc(C(F)(F)F)cc2)ccc1OCCN1CCOCC1.O=C(O)C(F)(F)F. The lowest BCUT2D eigenvalue weighted by Crippen LogP contribution is -2.38. The van der Waals surface area contributed by atoms with E-state index >= 15 is 0 Å². The van der Waals surface area contributed by atoms with Crippen molar-refractivity contribution in [3.05, 3.63) is 65.9 Å². The van der Waals surface area contributed by atoms with Crippen LogP contribution >= 0.6 is 0 Å². The van der Waals surface area contributed by atoms with Gasteiger partial charge in [0.2, 0.25) is 0 Å². The zero-order chi connectivity index (χ0) is 30.2. The molecule has 2 heterocycles. The van der Waals surface area contributed by atoms with Crippen LogP contribution in [0.5, 0.6) is 5.75 Å². The number of carboxylic acids is 1. The third-order valence-electron chi connectivity index (χ3n) is 5.82. The van der Waals surface area contributed by atoms with E-state index in [1.54, 1.807) is 36.1 Å². The molecule has 2 N–H and O–H groups in total. The molecule has 0 aliphatic carbocycles. The summed E-state index contributed by atoms with van der Waals surface area (Å²) in [5, 5.41) is 14.1. The largest absolute Gasteiger partial charge is 0.492 e. The molecule has 222 valence electrons. The average molecular weight is 589 g/mol. The fraction of sp³-hybridized carbons (Fsp3) is 0.346. The lowest BCUT2D eigenvalue weighted by atomic mass is 10.1. The van der Waals surface area contributed by atoms with Crippen molar-refractivity contribution in [3.8, 4) is 17.0 Å². The average Bonchev–Trinajstić information content (AvgIpc) is 3.35. The van der Waals surface area contributed by atoms with Crippen LogP contribution in [-0.2, 0) is 22.8 Å². The van der Waals surface area contributed by atoms with E-state index in [1.807, 2.05) is 6.07 Å². The van der Waals surface area contributed by atoms with E-state index < -0.39 is 29.8 Å². The van der Waals surface area contributed by atoms with Crippen LogP contribution in [0.2, 0.25) is 0 Å². The molecule has 1 aliphatic heterocycles. The number of carboxylic acid groups (broad SMARTS) is 1. The minimum atomic E-state index is -5.08. The number of benzene rings is 2. The molecule has 2 aromatic carbocycles. The van der Waals surface area contributed by atoms with Crippen molar-refractivity contribution in [3.63, 3.8) is 0 Å². The van der Waals surface area contributed by atoms with Crippen LogP contribution in [-0.4, -0.2) is 77.3 Å². The normalized spacial score (nSPS) is 14.1. The van der Waals surface area contributed by atoms with E-state index in [9.17, 15) is 31.1 Å². The van der Waals surface area contributed by atoms with Crippen LogP contribution in [0.3, 0.4) is 0 Å². The molecule has 0 atom stereocenters. The Morgan fingerprint density at radius 2 is 1.66 bits per heavy atom. The molecule has 0 radical (unpaired) electrons. The highest BCUT2D eigenvalue weighted by molar-refractivity contribution is 6.04. The van der Waals surface area contributed by atoms with Crippen molar-refractivity contribution < 1.29 is 50.5 Å². The summed E-state index contributed by atoms with van der Waals surface area (Å²) in [7, 11) is 1.81. The van der Waals surface area contributed by atoms with Gasteiger partial charge in [0.05, 0.1) is 24.5 Å². The summed E-state index contributed by atoms with van der Waals surface area (Å²) in [5.74, 6) is -2.62. The van der Waals surface area contributed by atoms with Crippen LogP contribution in [0.1, 0.15) is 15.9 Å². The van der Waals surface area contributed by atoms with Gasteiger partial charge in [-0.05, 0) is 48.5 Å². The van der Waals surface area contributed by atoms with Crippen molar-refractivity contribution in [1.29, 1.82) is 0 Å². The quantitative estimate of drug-likeness (QED) is 0.386. The number of amides is 1. The molecule has 0 saturated carbocycles. The molecule has 1 aromatic heterocycles. The second kappa shape index (κ2) is 13.5. The van der Waals surface area contributed by atoms with Gasteiger partial charge in [-0.3, -0.25) is 14.4 Å². The van der Waals surface area contributed by atoms with Gasteiger partial charge in [0.15, 0.2) is 0 Å². The molecular weight excluding hydrogens is 562 g/mol. The maximum atomic E-state index is 12.8. The number of anilines is 1. The second-order valence-corrected chi connectivity index (χ2v) is 8.69. The van der Waals surface area contributed by atoms with E-state index in [2.05, 4.69) is 15.3 Å². The van der Waals surface area contributed by atoms with E-state index in [0.29, 0.717) is 31.3 Å². The Morgan fingerprint density at radius 3 is 2.20 bits per heavy atom. The van der Waals surface area contributed by atoms with Gasteiger partial charge in [0.1, 0.15) is 12.4 Å². The van der Waals surface area contributed by atoms with Crippen LogP contribution in [0.25, 0.3) is 11.3 Å². The molecule has 1 saturated heterocycles. The molecule has 1 aliphatic rings. The summed E-state index contributed by atoms with van der Waals surface area (Å²) in [5.41, 5.74) is 1.35. The van der Waals surface area contributed by atoms with Crippen LogP contribution < -0.4 is 10.1 Å². The van der Waals surface area contributed by atoms with Crippen molar-refractivity contribution >= 4 is 17.6 Å². The third-order valence-corrected chi connectivity index (χ3v) is 5.82. The van der Waals surface area contributed by atoms with E-state index in [1.165, 1.54) is 0 Å². The van der Waals surface area contributed by atoms with Gasteiger partial charge in [0, 0.05) is 49.7 Å². The topological polar surface area (TPSA) is 106 Å². The number of hydrogen-bond acceptors (Lipinski definition) is 6. The van der Waals surface area contributed by atoms with Gasteiger partial charge in [0.25, 0.3) is 5.91 Å². The van der Waals surface area contributed by atoms with Crippen LogP contribution in [0.15, 0.2) is 54.7 Å². The highest BCUT2D eigenvalue weighted by atomic mass is 19.4. The molecular formula is C26H26F6N4O5. The minimum Gasteiger partial charge on any atom is -0.492 e. The van der Waals surface area contributed by atoms with Crippen LogP contribution in [0.4, 0.5) is 32.0 Å². The summed E-state index contributed by atoms with van der Waals surface area (Å²) in [6, 6.07) is 11.2. The standard InChI is InChI=1S/C24H25F3N4O3.C2HF3O2/c1-30-21(8-9-28-30)20-16-19(6-7-22(20)34-15-12-31-10-13-33-14-11-31)29-23(32)17-2-4-18(5-3-17)24(25,26)27;3-2(4,5)1(6)7/h2-9,16H,10-15H2,1H3,(H,29,32);(H,6,7). The van der Waals surface area contributed by atoms with Crippen molar-refractivity contribution in [2.75, 3.05) is 44.8 Å². The molecule has 0 spiro atoms. The Morgan fingerprint density at radius 1 is 1.02 bits per heavy atom.